The monoisotopic (exact) mass is 265 g/mol. The Labute approximate surface area is 117 Å². The third-order valence-corrected chi connectivity index (χ3v) is 4.09. The molecule has 0 spiro atoms. The number of aromatic nitrogens is 1. The van der Waals surface area contributed by atoms with Crippen molar-refractivity contribution in [3.8, 4) is 21.8 Å². The van der Waals surface area contributed by atoms with Crippen molar-refractivity contribution < 1.29 is 0 Å². The summed E-state index contributed by atoms with van der Waals surface area (Å²) >= 11 is 1.70. The van der Waals surface area contributed by atoms with E-state index in [1.165, 1.54) is 22.3 Å². The summed E-state index contributed by atoms with van der Waals surface area (Å²) in [7, 11) is 0. The van der Waals surface area contributed by atoms with Gasteiger partial charge in [-0.15, -0.1) is 11.3 Å². The SMILES string of the molecule is Cc1ccc(C)c(-c2csc(-c3ccccc3)n2)c1. The maximum Gasteiger partial charge on any atom is 0.124 e. The van der Waals surface area contributed by atoms with Crippen LogP contribution in [0.2, 0.25) is 0 Å². The molecular weight excluding hydrogens is 250 g/mol. The summed E-state index contributed by atoms with van der Waals surface area (Å²) in [6.07, 6.45) is 0. The van der Waals surface area contributed by atoms with Crippen LogP contribution >= 0.6 is 11.3 Å². The van der Waals surface area contributed by atoms with E-state index in [1.807, 2.05) is 18.2 Å². The first-order valence-electron chi connectivity index (χ1n) is 6.32. The van der Waals surface area contributed by atoms with E-state index in [2.05, 4.69) is 49.6 Å². The highest BCUT2D eigenvalue weighted by Crippen LogP contribution is 2.30. The van der Waals surface area contributed by atoms with E-state index < -0.39 is 0 Å². The topological polar surface area (TPSA) is 12.9 Å². The molecule has 0 radical (unpaired) electrons. The molecule has 0 saturated heterocycles. The molecule has 94 valence electrons. The molecule has 0 aliphatic rings. The summed E-state index contributed by atoms with van der Waals surface area (Å²) in [6, 6.07) is 16.8. The Morgan fingerprint density at radius 2 is 1.74 bits per heavy atom. The average Bonchev–Trinajstić information content (AvgIpc) is 2.92. The van der Waals surface area contributed by atoms with Gasteiger partial charge >= 0.3 is 0 Å². The van der Waals surface area contributed by atoms with E-state index in [4.69, 9.17) is 4.98 Å². The van der Waals surface area contributed by atoms with E-state index in [0.717, 1.165) is 10.7 Å². The normalized spacial score (nSPS) is 10.6. The standard InChI is InChI=1S/C17H15NS/c1-12-8-9-13(2)15(10-12)16-11-19-17(18-16)14-6-4-3-5-7-14/h3-11H,1-2H3. The molecule has 0 amide bonds. The second-order valence-corrected chi connectivity index (χ2v) is 5.58. The number of nitrogens with zero attached hydrogens (tertiary/aromatic N) is 1. The Morgan fingerprint density at radius 3 is 2.53 bits per heavy atom. The van der Waals surface area contributed by atoms with Crippen molar-refractivity contribution in [2.45, 2.75) is 13.8 Å². The first kappa shape index (κ1) is 12.1. The molecule has 1 nitrogen and oxygen atoms in total. The van der Waals surface area contributed by atoms with Gasteiger partial charge in [-0.3, -0.25) is 0 Å². The number of hydrogen-bond donors (Lipinski definition) is 0. The fourth-order valence-electron chi connectivity index (χ4n) is 2.12. The van der Waals surface area contributed by atoms with Gasteiger partial charge in [0.1, 0.15) is 5.01 Å². The van der Waals surface area contributed by atoms with Crippen molar-refractivity contribution in [3.63, 3.8) is 0 Å². The van der Waals surface area contributed by atoms with Crippen LogP contribution in [0.15, 0.2) is 53.9 Å². The van der Waals surface area contributed by atoms with Gasteiger partial charge in [-0.25, -0.2) is 4.98 Å². The molecule has 1 aromatic heterocycles. The molecule has 3 rings (SSSR count). The van der Waals surface area contributed by atoms with Gasteiger partial charge in [0, 0.05) is 16.5 Å². The summed E-state index contributed by atoms with van der Waals surface area (Å²) < 4.78 is 0. The number of hydrogen-bond acceptors (Lipinski definition) is 2. The van der Waals surface area contributed by atoms with Crippen LogP contribution in [-0.4, -0.2) is 4.98 Å². The minimum Gasteiger partial charge on any atom is -0.236 e. The van der Waals surface area contributed by atoms with E-state index in [9.17, 15) is 0 Å². The van der Waals surface area contributed by atoms with Crippen molar-refractivity contribution in [1.29, 1.82) is 0 Å². The lowest BCUT2D eigenvalue weighted by atomic mass is 10.0. The predicted molar refractivity (Wildman–Crippen MR) is 82.5 cm³/mol. The van der Waals surface area contributed by atoms with E-state index in [1.54, 1.807) is 11.3 Å². The van der Waals surface area contributed by atoms with E-state index >= 15 is 0 Å². The summed E-state index contributed by atoms with van der Waals surface area (Å²) in [5.41, 5.74) is 6.04. The molecule has 2 heteroatoms. The zero-order valence-electron chi connectivity index (χ0n) is 11.1. The van der Waals surface area contributed by atoms with Gasteiger partial charge in [0.05, 0.1) is 5.69 Å². The van der Waals surface area contributed by atoms with Gasteiger partial charge in [0.15, 0.2) is 0 Å². The van der Waals surface area contributed by atoms with Gasteiger partial charge in [-0.1, -0.05) is 48.0 Å². The van der Waals surface area contributed by atoms with Crippen LogP contribution in [0.1, 0.15) is 11.1 Å². The lowest BCUT2D eigenvalue weighted by Crippen LogP contribution is -1.85. The molecule has 0 N–H and O–H groups in total. The van der Waals surface area contributed by atoms with Crippen LogP contribution in [0, 0.1) is 13.8 Å². The Bertz CT molecular complexity index is 698. The maximum atomic E-state index is 4.77. The van der Waals surface area contributed by atoms with Crippen molar-refractivity contribution >= 4 is 11.3 Å². The van der Waals surface area contributed by atoms with Crippen molar-refractivity contribution in [3.05, 3.63) is 65.0 Å². The molecule has 3 aromatic rings. The quantitative estimate of drug-likeness (QED) is 0.628. The lowest BCUT2D eigenvalue weighted by Gasteiger charge is -2.03. The summed E-state index contributed by atoms with van der Waals surface area (Å²) in [5.74, 6) is 0. The minimum absolute atomic E-state index is 1.07. The Hall–Kier alpha value is -1.93. The third-order valence-electron chi connectivity index (χ3n) is 3.19. The van der Waals surface area contributed by atoms with Gasteiger partial charge in [-0.05, 0) is 25.5 Å². The Morgan fingerprint density at radius 1 is 0.947 bits per heavy atom. The summed E-state index contributed by atoms with van der Waals surface area (Å²) in [5, 5.41) is 3.22. The second-order valence-electron chi connectivity index (χ2n) is 4.72. The van der Waals surface area contributed by atoms with E-state index in [-0.39, 0.29) is 0 Å². The molecule has 0 fully saturated rings. The molecular formula is C17H15NS. The Kier molecular flexibility index (Phi) is 3.18. The van der Waals surface area contributed by atoms with Crippen LogP contribution in [0.25, 0.3) is 21.8 Å². The molecule has 0 unspecified atom stereocenters. The first-order valence-corrected chi connectivity index (χ1v) is 7.20. The molecule has 0 aliphatic carbocycles. The number of thiazole rings is 1. The van der Waals surface area contributed by atoms with Crippen LogP contribution in [0.4, 0.5) is 0 Å². The largest absolute Gasteiger partial charge is 0.236 e. The molecule has 0 aliphatic heterocycles. The Balaban J connectivity index is 2.04. The summed E-state index contributed by atoms with van der Waals surface area (Å²) in [6.45, 7) is 4.25. The fraction of sp³-hybridized carbons (Fsp3) is 0.118. The van der Waals surface area contributed by atoms with Gasteiger partial charge in [0.2, 0.25) is 0 Å². The van der Waals surface area contributed by atoms with Crippen LogP contribution in [-0.2, 0) is 0 Å². The van der Waals surface area contributed by atoms with Crippen molar-refractivity contribution in [2.75, 3.05) is 0 Å². The first-order chi connectivity index (χ1) is 9.24. The zero-order valence-corrected chi connectivity index (χ0v) is 11.9. The molecule has 0 atom stereocenters. The fourth-order valence-corrected chi connectivity index (χ4v) is 2.95. The summed E-state index contributed by atoms with van der Waals surface area (Å²) in [4.78, 5) is 4.77. The van der Waals surface area contributed by atoms with Crippen LogP contribution < -0.4 is 0 Å². The highest BCUT2D eigenvalue weighted by Gasteiger charge is 2.08. The zero-order chi connectivity index (χ0) is 13.2. The second kappa shape index (κ2) is 4.98. The number of aryl methyl sites for hydroxylation is 2. The van der Waals surface area contributed by atoms with Crippen LogP contribution in [0.3, 0.4) is 0 Å². The molecule has 2 aromatic carbocycles. The van der Waals surface area contributed by atoms with Crippen molar-refractivity contribution in [1.82, 2.24) is 4.98 Å². The van der Waals surface area contributed by atoms with Crippen molar-refractivity contribution in [2.24, 2.45) is 0 Å². The molecule has 0 bridgehead atoms. The maximum absolute atomic E-state index is 4.77. The van der Waals surface area contributed by atoms with Gasteiger partial charge < -0.3 is 0 Å². The van der Waals surface area contributed by atoms with Gasteiger partial charge in [0.25, 0.3) is 0 Å². The minimum atomic E-state index is 1.07. The molecule has 19 heavy (non-hydrogen) atoms. The third kappa shape index (κ3) is 2.45. The molecule has 1 heterocycles. The highest BCUT2D eigenvalue weighted by atomic mass is 32.1. The average molecular weight is 265 g/mol. The smallest absolute Gasteiger partial charge is 0.124 e. The van der Waals surface area contributed by atoms with Crippen LogP contribution in [0.5, 0.6) is 0 Å². The van der Waals surface area contributed by atoms with E-state index in [0.29, 0.717) is 0 Å². The van der Waals surface area contributed by atoms with Gasteiger partial charge in [-0.2, -0.15) is 0 Å². The molecule has 0 saturated carbocycles. The predicted octanol–water partition coefficient (Wildman–Crippen LogP) is 5.09. The highest BCUT2D eigenvalue weighted by molar-refractivity contribution is 7.13. The number of rotatable bonds is 2. The number of benzene rings is 2. The lowest BCUT2D eigenvalue weighted by molar-refractivity contribution is 1.34.